The molecule has 1 aliphatic heterocycles. The summed E-state index contributed by atoms with van der Waals surface area (Å²) in [6.07, 6.45) is 3.68. The third-order valence-electron chi connectivity index (χ3n) is 5.40. The van der Waals surface area contributed by atoms with Gasteiger partial charge in [0, 0.05) is 17.8 Å². The van der Waals surface area contributed by atoms with Gasteiger partial charge in [-0.05, 0) is 58.1 Å². The number of fused-ring (bicyclic) bond motifs is 1. The van der Waals surface area contributed by atoms with Crippen LogP contribution in [0.25, 0.3) is 5.65 Å². The number of piperidine rings is 1. The number of benzene rings is 1. The van der Waals surface area contributed by atoms with Crippen LogP contribution >= 0.6 is 0 Å². The summed E-state index contributed by atoms with van der Waals surface area (Å²) >= 11 is 0. The van der Waals surface area contributed by atoms with Gasteiger partial charge < -0.3 is 15.0 Å². The van der Waals surface area contributed by atoms with Gasteiger partial charge in [-0.15, -0.1) is 0 Å². The van der Waals surface area contributed by atoms with E-state index in [1.54, 1.807) is 40.9 Å². The number of ether oxygens (including phenoxy) is 1. The zero-order valence-corrected chi connectivity index (χ0v) is 16.7. The van der Waals surface area contributed by atoms with Crippen LogP contribution in [-0.4, -0.2) is 46.4 Å². The minimum atomic E-state index is -0.308. The van der Waals surface area contributed by atoms with Crippen LogP contribution in [0, 0.1) is 12.7 Å². The molecule has 7 heteroatoms. The molecule has 0 atom stereocenters. The molecule has 2 aromatic heterocycles. The lowest BCUT2D eigenvalue weighted by atomic mass is 10.1. The van der Waals surface area contributed by atoms with Crippen LogP contribution in [-0.2, 0) is 6.61 Å². The third kappa shape index (κ3) is 4.10. The van der Waals surface area contributed by atoms with Crippen molar-refractivity contribution in [2.45, 2.75) is 32.4 Å². The fourth-order valence-corrected chi connectivity index (χ4v) is 3.72. The lowest BCUT2D eigenvalue weighted by Crippen LogP contribution is -2.43. The number of carbonyl (C=O) groups is 1. The van der Waals surface area contributed by atoms with Crippen molar-refractivity contribution in [3.05, 3.63) is 65.4 Å². The van der Waals surface area contributed by atoms with Crippen molar-refractivity contribution < 1.29 is 13.9 Å². The zero-order valence-electron chi connectivity index (χ0n) is 16.7. The van der Waals surface area contributed by atoms with Gasteiger partial charge in [0.15, 0.2) is 11.4 Å². The Kier molecular flexibility index (Phi) is 5.49. The van der Waals surface area contributed by atoms with E-state index in [0.717, 1.165) is 25.9 Å². The summed E-state index contributed by atoms with van der Waals surface area (Å²) in [4.78, 5) is 19.8. The van der Waals surface area contributed by atoms with Crippen molar-refractivity contribution in [1.82, 2.24) is 19.6 Å². The Hall–Kier alpha value is -2.93. The summed E-state index contributed by atoms with van der Waals surface area (Å²) < 4.78 is 21.5. The van der Waals surface area contributed by atoms with E-state index in [1.807, 2.05) is 6.92 Å². The summed E-state index contributed by atoms with van der Waals surface area (Å²) in [5.74, 6) is 0.0742. The number of hydrogen-bond donors (Lipinski definition) is 1. The largest absolute Gasteiger partial charge is 0.485 e. The number of aromatic nitrogens is 2. The van der Waals surface area contributed by atoms with E-state index in [1.165, 1.54) is 6.07 Å². The van der Waals surface area contributed by atoms with Crippen molar-refractivity contribution in [2.75, 3.05) is 20.1 Å². The monoisotopic (exact) mass is 396 g/mol. The molecule has 4 rings (SSSR count). The highest BCUT2D eigenvalue weighted by Crippen LogP contribution is 2.24. The van der Waals surface area contributed by atoms with Crippen LogP contribution in [0.15, 0.2) is 42.6 Å². The first-order valence-electron chi connectivity index (χ1n) is 9.86. The molecule has 1 N–H and O–H groups in total. The van der Waals surface area contributed by atoms with E-state index in [-0.39, 0.29) is 24.4 Å². The molecule has 1 aliphatic rings. The highest BCUT2D eigenvalue weighted by atomic mass is 19.1. The van der Waals surface area contributed by atoms with Crippen molar-refractivity contribution in [3.63, 3.8) is 0 Å². The summed E-state index contributed by atoms with van der Waals surface area (Å²) in [7, 11) is 2.09. The molecular weight excluding hydrogens is 371 g/mol. The van der Waals surface area contributed by atoms with Crippen molar-refractivity contribution in [1.29, 1.82) is 0 Å². The molecule has 3 heterocycles. The topological polar surface area (TPSA) is 58.9 Å². The maximum Gasteiger partial charge on any atom is 0.270 e. The van der Waals surface area contributed by atoms with E-state index in [0.29, 0.717) is 28.3 Å². The maximum absolute atomic E-state index is 13.9. The fraction of sp³-hybridized carbons (Fsp3) is 0.364. The predicted molar refractivity (Wildman–Crippen MR) is 109 cm³/mol. The van der Waals surface area contributed by atoms with Gasteiger partial charge in [-0.25, -0.2) is 9.37 Å². The van der Waals surface area contributed by atoms with Gasteiger partial charge >= 0.3 is 0 Å². The number of rotatable bonds is 5. The molecule has 152 valence electrons. The first-order chi connectivity index (χ1) is 14.0. The number of pyridine rings is 1. The predicted octanol–water partition coefficient (Wildman–Crippen LogP) is 3.18. The van der Waals surface area contributed by atoms with Gasteiger partial charge in [0.2, 0.25) is 0 Å². The van der Waals surface area contributed by atoms with Crippen LogP contribution in [0.3, 0.4) is 0 Å². The smallest absolute Gasteiger partial charge is 0.270 e. The SMILES string of the molecule is Cc1nc2c(OCc3ccccc3F)cccn2c1C(=O)NC1CCN(C)CC1. The molecule has 0 unspecified atom stereocenters. The van der Waals surface area contributed by atoms with Crippen molar-refractivity contribution in [3.8, 4) is 5.75 Å². The second-order valence-electron chi connectivity index (χ2n) is 7.54. The molecular formula is C22H25FN4O2. The number of halogens is 1. The average Bonchev–Trinajstić information content (AvgIpc) is 3.05. The van der Waals surface area contributed by atoms with Crippen LogP contribution in [0.1, 0.15) is 34.6 Å². The molecule has 0 radical (unpaired) electrons. The highest BCUT2D eigenvalue weighted by molar-refractivity contribution is 5.95. The minimum Gasteiger partial charge on any atom is -0.485 e. The first kappa shape index (κ1) is 19.4. The molecule has 1 fully saturated rings. The van der Waals surface area contributed by atoms with Gasteiger partial charge in [-0.2, -0.15) is 0 Å². The molecule has 0 bridgehead atoms. The molecule has 0 saturated carbocycles. The van der Waals surface area contributed by atoms with E-state index in [9.17, 15) is 9.18 Å². The molecule has 29 heavy (non-hydrogen) atoms. The number of hydrogen-bond acceptors (Lipinski definition) is 4. The normalized spacial score (nSPS) is 15.6. The Morgan fingerprint density at radius 1 is 1.24 bits per heavy atom. The van der Waals surface area contributed by atoms with E-state index in [4.69, 9.17) is 4.74 Å². The first-order valence-corrected chi connectivity index (χ1v) is 9.86. The second-order valence-corrected chi connectivity index (χ2v) is 7.54. The van der Waals surface area contributed by atoms with Gasteiger partial charge in [0.1, 0.15) is 18.1 Å². The number of aryl methyl sites for hydroxylation is 1. The lowest BCUT2D eigenvalue weighted by Gasteiger charge is -2.29. The Balaban J connectivity index is 1.55. The number of amides is 1. The van der Waals surface area contributed by atoms with Crippen molar-refractivity contribution in [2.24, 2.45) is 0 Å². The number of likely N-dealkylation sites (tertiary alicyclic amines) is 1. The summed E-state index contributed by atoms with van der Waals surface area (Å²) in [5, 5.41) is 3.14. The van der Waals surface area contributed by atoms with Crippen molar-refractivity contribution >= 4 is 11.6 Å². The summed E-state index contributed by atoms with van der Waals surface area (Å²) in [6, 6.07) is 10.3. The van der Waals surface area contributed by atoms with Crippen LogP contribution < -0.4 is 10.1 Å². The van der Waals surface area contributed by atoms with Crippen LogP contribution in [0.5, 0.6) is 5.75 Å². The van der Waals surface area contributed by atoms with Gasteiger partial charge in [-0.3, -0.25) is 9.20 Å². The molecule has 1 aromatic carbocycles. The second kappa shape index (κ2) is 8.21. The fourth-order valence-electron chi connectivity index (χ4n) is 3.72. The van der Waals surface area contributed by atoms with Gasteiger partial charge in [0.05, 0.1) is 5.69 Å². The number of carbonyl (C=O) groups excluding carboxylic acids is 1. The Labute approximate surface area is 169 Å². The summed E-state index contributed by atoms with van der Waals surface area (Å²) in [6.45, 7) is 3.86. The maximum atomic E-state index is 13.9. The molecule has 0 spiro atoms. The molecule has 0 aliphatic carbocycles. The Morgan fingerprint density at radius 2 is 2.00 bits per heavy atom. The van der Waals surface area contributed by atoms with E-state index in [2.05, 4.69) is 22.2 Å². The van der Waals surface area contributed by atoms with Crippen LogP contribution in [0.4, 0.5) is 4.39 Å². The highest BCUT2D eigenvalue weighted by Gasteiger charge is 2.23. The molecule has 3 aromatic rings. The van der Waals surface area contributed by atoms with E-state index >= 15 is 0 Å². The van der Waals surface area contributed by atoms with E-state index < -0.39 is 0 Å². The molecule has 6 nitrogen and oxygen atoms in total. The standard InChI is InChI=1S/C22H25FN4O2/c1-15-20(22(28)25-17-9-12-26(2)13-10-17)27-11-5-8-19(21(27)24-15)29-14-16-6-3-4-7-18(16)23/h3-8,11,17H,9-10,12-14H2,1-2H3,(H,25,28). The number of nitrogens with one attached hydrogen (secondary N) is 1. The Morgan fingerprint density at radius 3 is 2.76 bits per heavy atom. The molecule has 1 amide bonds. The average molecular weight is 396 g/mol. The van der Waals surface area contributed by atoms with Gasteiger partial charge in [-0.1, -0.05) is 18.2 Å². The lowest BCUT2D eigenvalue weighted by molar-refractivity contribution is 0.0910. The zero-order chi connectivity index (χ0) is 20.4. The number of imidazole rings is 1. The Bertz CT molecular complexity index is 1020. The summed E-state index contributed by atoms with van der Waals surface area (Å²) in [5.41, 5.74) is 2.17. The van der Waals surface area contributed by atoms with Crippen LogP contribution in [0.2, 0.25) is 0 Å². The minimum absolute atomic E-state index is 0.0926. The number of nitrogens with zero attached hydrogens (tertiary/aromatic N) is 3. The van der Waals surface area contributed by atoms with Gasteiger partial charge in [0.25, 0.3) is 5.91 Å². The third-order valence-corrected chi connectivity index (χ3v) is 5.40. The molecule has 1 saturated heterocycles. The quantitative estimate of drug-likeness (QED) is 0.720.